The largest absolute Gasteiger partial charge is 0.497 e. The molecule has 108 valence electrons. The number of hydrogen-bond donors (Lipinski definition) is 1. The van der Waals surface area contributed by atoms with Crippen LogP contribution in [0.4, 0.5) is 4.79 Å². The van der Waals surface area contributed by atoms with Crippen molar-refractivity contribution in [2.24, 2.45) is 0 Å². The molecule has 1 aromatic rings. The van der Waals surface area contributed by atoms with Crippen molar-refractivity contribution in [1.29, 1.82) is 0 Å². The first-order valence-corrected chi connectivity index (χ1v) is 6.58. The van der Waals surface area contributed by atoms with Gasteiger partial charge in [-0.1, -0.05) is 12.1 Å². The normalized spacial score (nSPS) is 14.8. The lowest BCUT2D eigenvalue weighted by Crippen LogP contribution is -2.51. The third kappa shape index (κ3) is 3.63. The summed E-state index contributed by atoms with van der Waals surface area (Å²) in [6.45, 7) is 2.83. The zero-order valence-corrected chi connectivity index (χ0v) is 11.5. The Morgan fingerprint density at radius 3 is 2.45 bits per heavy atom. The molecule has 0 atom stereocenters. The van der Waals surface area contributed by atoms with Crippen LogP contribution in [-0.4, -0.2) is 55.5 Å². The number of nitrogens with zero attached hydrogens (tertiary/aromatic N) is 2. The number of benzene rings is 1. The average molecular weight is 277 g/mol. The molecule has 1 aliphatic rings. The Hall–Kier alpha value is -2.24. The fourth-order valence-corrected chi connectivity index (χ4v) is 2.06. The molecule has 0 saturated carbocycles. The Labute approximate surface area is 118 Å². The standard InChI is InChI=1S/C14H19N3O3/c1-20-13-4-2-12(3-5-13)10-15-14(19)17-8-6-16(11-18)7-9-17/h2-5,11H,6-10H2,1H3,(H,15,19). The van der Waals surface area contributed by atoms with Gasteiger partial charge in [0.2, 0.25) is 6.41 Å². The number of ether oxygens (including phenoxy) is 1. The van der Waals surface area contributed by atoms with Crippen LogP contribution in [0.15, 0.2) is 24.3 Å². The predicted octanol–water partition coefficient (Wildman–Crippen LogP) is 0.679. The van der Waals surface area contributed by atoms with Gasteiger partial charge in [-0.05, 0) is 17.7 Å². The maximum absolute atomic E-state index is 12.0. The third-order valence-corrected chi connectivity index (χ3v) is 3.35. The van der Waals surface area contributed by atoms with E-state index in [-0.39, 0.29) is 6.03 Å². The minimum atomic E-state index is -0.0913. The fourth-order valence-electron chi connectivity index (χ4n) is 2.06. The second-order valence-electron chi connectivity index (χ2n) is 4.64. The van der Waals surface area contributed by atoms with Crippen LogP contribution in [0.2, 0.25) is 0 Å². The molecule has 3 amide bonds. The van der Waals surface area contributed by atoms with Crippen molar-refractivity contribution in [3.63, 3.8) is 0 Å². The predicted molar refractivity (Wildman–Crippen MR) is 74.4 cm³/mol. The van der Waals surface area contributed by atoms with Crippen LogP contribution < -0.4 is 10.1 Å². The summed E-state index contributed by atoms with van der Waals surface area (Å²) in [5.74, 6) is 0.796. The van der Waals surface area contributed by atoms with Crippen LogP contribution in [-0.2, 0) is 11.3 Å². The number of rotatable bonds is 4. The second-order valence-corrected chi connectivity index (χ2v) is 4.64. The van der Waals surface area contributed by atoms with Crippen molar-refractivity contribution in [3.05, 3.63) is 29.8 Å². The van der Waals surface area contributed by atoms with Crippen molar-refractivity contribution in [1.82, 2.24) is 15.1 Å². The molecule has 1 aliphatic heterocycles. The number of hydrogen-bond acceptors (Lipinski definition) is 3. The Bertz CT molecular complexity index is 453. The van der Waals surface area contributed by atoms with E-state index in [1.165, 1.54) is 0 Å². The number of methoxy groups -OCH3 is 1. The SMILES string of the molecule is COc1ccc(CNC(=O)N2CCN(C=O)CC2)cc1. The van der Waals surface area contributed by atoms with Gasteiger partial charge in [-0.2, -0.15) is 0 Å². The third-order valence-electron chi connectivity index (χ3n) is 3.35. The van der Waals surface area contributed by atoms with Crippen molar-refractivity contribution in [2.45, 2.75) is 6.54 Å². The molecule has 0 aliphatic carbocycles. The molecule has 1 saturated heterocycles. The minimum absolute atomic E-state index is 0.0913. The van der Waals surface area contributed by atoms with Gasteiger partial charge < -0.3 is 19.9 Å². The highest BCUT2D eigenvalue weighted by atomic mass is 16.5. The Morgan fingerprint density at radius 2 is 1.90 bits per heavy atom. The van der Waals surface area contributed by atoms with Crippen LogP contribution in [0.5, 0.6) is 5.75 Å². The van der Waals surface area contributed by atoms with Gasteiger partial charge in [-0.15, -0.1) is 0 Å². The Morgan fingerprint density at radius 1 is 1.25 bits per heavy atom. The van der Waals surface area contributed by atoms with E-state index in [9.17, 15) is 9.59 Å². The van der Waals surface area contributed by atoms with Crippen LogP contribution >= 0.6 is 0 Å². The van der Waals surface area contributed by atoms with Gasteiger partial charge in [0.1, 0.15) is 5.75 Å². The van der Waals surface area contributed by atoms with Crippen molar-refractivity contribution < 1.29 is 14.3 Å². The van der Waals surface area contributed by atoms with Gasteiger partial charge in [0, 0.05) is 32.7 Å². The molecule has 1 aromatic carbocycles. The molecule has 0 unspecified atom stereocenters. The van der Waals surface area contributed by atoms with Crippen LogP contribution in [0.1, 0.15) is 5.56 Å². The van der Waals surface area contributed by atoms with E-state index in [0.717, 1.165) is 17.7 Å². The molecule has 2 rings (SSSR count). The smallest absolute Gasteiger partial charge is 0.317 e. The van der Waals surface area contributed by atoms with E-state index in [4.69, 9.17) is 4.74 Å². The molecule has 1 N–H and O–H groups in total. The topological polar surface area (TPSA) is 61.9 Å². The van der Waals surface area contributed by atoms with E-state index >= 15 is 0 Å². The van der Waals surface area contributed by atoms with Gasteiger partial charge in [0.05, 0.1) is 7.11 Å². The van der Waals surface area contributed by atoms with E-state index in [1.54, 1.807) is 16.9 Å². The maximum Gasteiger partial charge on any atom is 0.317 e. The number of carbonyl (C=O) groups excluding carboxylic acids is 2. The highest BCUT2D eigenvalue weighted by molar-refractivity contribution is 5.74. The highest BCUT2D eigenvalue weighted by Crippen LogP contribution is 2.11. The van der Waals surface area contributed by atoms with E-state index < -0.39 is 0 Å². The first-order chi connectivity index (χ1) is 9.72. The summed E-state index contributed by atoms with van der Waals surface area (Å²) in [4.78, 5) is 26.0. The first kappa shape index (κ1) is 14.2. The second kappa shape index (κ2) is 6.79. The van der Waals surface area contributed by atoms with Crippen LogP contribution in [0.25, 0.3) is 0 Å². The monoisotopic (exact) mass is 277 g/mol. The van der Waals surface area contributed by atoms with Gasteiger partial charge in [-0.3, -0.25) is 4.79 Å². The summed E-state index contributed by atoms with van der Waals surface area (Å²) < 4.78 is 5.08. The maximum atomic E-state index is 12.0. The molecule has 0 spiro atoms. The molecular weight excluding hydrogens is 258 g/mol. The minimum Gasteiger partial charge on any atom is -0.497 e. The Kier molecular flexibility index (Phi) is 4.81. The zero-order valence-electron chi connectivity index (χ0n) is 11.5. The molecule has 1 fully saturated rings. The average Bonchev–Trinajstić information content (AvgIpc) is 2.53. The van der Waals surface area contributed by atoms with Gasteiger partial charge in [0.25, 0.3) is 0 Å². The summed E-state index contributed by atoms with van der Waals surface area (Å²) in [7, 11) is 1.62. The lowest BCUT2D eigenvalue weighted by Gasteiger charge is -2.32. The molecule has 1 heterocycles. The van der Waals surface area contributed by atoms with Crippen LogP contribution in [0, 0.1) is 0 Å². The number of nitrogens with one attached hydrogen (secondary N) is 1. The van der Waals surface area contributed by atoms with Crippen molar-refractivity contribution >= 4 is 12.4 Å². The summed E-state index contributed by atoms with van der Waals surface area (Å²) in [6, 6.07) is 7.48. The molecular formula is C14H19N3O3. The quantitative estimate of drug-likeness (QED) is 0.823. The van der Waals surface area contributed by atoms with Gasteiger partial charge in [0.15, 0.2) is 0 Å². The van der Waals surface area contributed by atoms with Gasteiger partial charge >= 0.3 is 6.03 Å². The summed E-state index contributed by atoms with van der Waals surface area (Å²) in [5.41, 5.74) is 1.02. The number of urea groups is 1. The molecule has 0 bridgehead atoms. The number of piperazine rings is 1. The molecule has 6 heteroatoms. The lowest BCUT2D eigenvalue weighted by atomic mass is 10.2. The lowest BCUT2D eigenvalue weighted by molar-refractivity contribution is -0.119. The first-order valence-electron chi connectivity index (χ1n) is 6.58. The van der Waals surface area contributed by atoms with Crippen molar-refractivity contribution in [3.8, 4) is 5.75 Å². The highest BCUT2D eigenvalue weighted by Gasteiger charge is 2.19. The van der Waals surface area contributed by atoms with E-state index in [2.05, 4.69) is 5.32 Å². The molecule has 20 heavy (non-hydrogen) atoms. The molecule has 0 aromatic heterocycles. The number of amides is 3. The van der Waals surface area contributed by atoms with E-state index in [0.29, 0.717) is 32.7 Å². The summed E-state index contributed by atoms with van der Waals surface area (Å²) in [6.07, 6.45) is 0.826. The molecule has 6 nitrogen and oxygen atoms in total. The Balaban J connectivity index is 1.78. The van der Waals surface area contributed by atoms with Gasteiger partial charge in [-0.25, -0.2) is 4.79 Å². The molecule has 0 radical (unpaired) electrons. The summed E-state index contributed by atoms with van der Waals surface area (Å²) in [5, 5.41) is 2.88. The number of carbonyl (C=O) groups is 2. The van der Waals surface area contributed by atoms with E-state index in [1.807, 2.05) is 24.3 Å². The fraction of sp³-hybridized carbons (Fsp3) is 0.429. The van der Waals surface area contributed by atoms with Crippen LogP contribution in [0.3, 0.4) is 0 Å². The van der Waals surface area contributed by atoms with Crippen molar-refractivity contribution in [2.75, 3.05) is 33.3 Å². The zero-order chi connectivity index (χ0) is 14.4. The summed E-state index contributed by atoms with van der Waals surface area (Å²) >= 11 is 0.